The first-order chi connectivity index (χ1) is 14.6. The molecular weight excluding hydrogens is 418 g/mol. The highest BCUT2D eigenvalue weighted by molar-refractivity contribution is 7.99. The second-order valence-corrected chi connectivity index (χ2v) is 8.69. The maximum Gasteiger partial charge on any atom is 0.329 e. The fraction of sp³-hybridized carbons (Fsp3) is 0.250. The predicted octanol–water partition coefficient (Wildman–Crippen LogP) is 5.70. The summed E-state index contributed by atoms with van der Waals surface area (Å²) in [6.07, 6.45) is 0.734. The zero-order valence-corrected chi connectivity index (χ0v) is 18.2. The normalized spacial score (nSPS) is 18.5. The van der Waals surface area contributed by atoms with Crippen molar-refractivity contribution in [1.82, 2.24) is 4.90 Å². The van der Waals surface area contributed by atoms with Crippen molar-refractivity contribution in [2.45, 2.75) is 24.8 Å². The van der Waals surface area contributed by atoms with E-state index in [9.17, 15) is 9.59 Å². The molecule has 0 bridgehead atoms. The van der Waals surface area contributed by atoms with E-state index in [-0.39, 0.29) is 17.3 Å². The summed E-state index contributed by atoms with van der Waals surface area (Å²) in [5.74, 6) is -0.0974. The Hall–Kier alpha value is -2.50. The van der Waals surface area contributed by atoms with E-state index < -0.39 is 6.04 Å². The van der Waals surface area contributed by atoms with E-state index in [4.69, 9.17) is 16.3 Å². The first kappa shape index (κ1) is 20.8. The number of esters is 1. The van der Waals surface area contributed by atoms with Crippen molar-refractivity contribution in [1.29, 1.82) is 0 Å². The average molecular weight is 440 g/mol. The van der Waals surface area contributed by atoms with Gasteiger partial charge in [-0.3, -0.25) is 4.79 Å². The molecule has 30 heavy (non-hydrogen) atoms. The molecule has 1 amide bonds. The zero-order chi connectivity index (χ0) is 21.1. The number of benzene rings is 3. The number of halogens is 1. The van der Waals surface area contributed by atoms with Gasteiger partial charge in [0.15, 0.2) is 0 Å². The van der Waals surface area contributed by atoms with Crippen LogP contribution in [0.5, 0.6) is 0 Å². The van der Waals surface area contributed by atoms with E-state index in [0.29, 0.717) is 22.9 Å². The molecule has 0 N–H and O–H groups in total. The summed E-state index contributed by atoms with van der Waals surface area (Å²) >= 11 is 7.98. The van der Waals surface area contributed by atoms with Crippen LogP contribution in [0.15, 0.2) is 66.7 Å². The van der Waals surface area contributed by atoms with Crippen molar-refractivity contribution in [3.63, 3.8) is 0 Å². The van der Waals surface area contributed by atoms with Gasteiger partial charge in [-0.15, -0.1) is 11.8 Å². The predicted molar refractivity (Wildman–Crippen MR) is 122 cm³/mol. The molecule has 1 heterocycles. The monoisotopic (exact) mass is 439 g/mol. The number of carbonyl (C=O) groups is 2. The molecule has 1 aliphatic rings. The maximum absolute atomic E-state index is 13.6. The summed E-state index contributed by atoms with van der Waals surface area (Å²) < 4.78 is 5.40. The summed E-state index contributed by atoms with van der Waals surface area (Å²) in [5.41, 5.74) is 1.37. The smallest absolute Gasteiger partial charge is 0.329 e. The van der Waals surface area contributed by atoms with Gasteiger partial charge in [0.05, 0.1) is 6.61 Å². The Balaban J connectivity index is 1.73. The van der Waals surface area contributed by atoms with Gasteiger partial charge in [-0.1, -0.05) is 67.1 Å². The molecule has 1 saturated heterocycles. The van der Waals surface area contributed by atoms with Crippen LogP contribution in [0, 0.1) is 0 Å². The highest BCUT2D eigenvalue weighted by Crippen LogP contribution is 2.44. The summed E-state index contributed by atoms with van der Waals surface area (Å²) in [4.78, 5) is 28.0. The number of ether oxygens (including phenoxy) is 1. The van der Waals surface area contributed by atoms with Crippen molar-refractivity contribution in [3.8, 4) is 0 Å². The summed E-state index contributed by atoms with van der Waals surface area (Å²) in [5, 5.41) is 2.27. The quantitative estimate of drug-likeness (QED) is 0.478. The molecule has 0 spiro atoms. The Kier molecular flexibility index (Phi) is 6.30. The molecular formula is C24H22ClNO3S. The number of hydrogen-bond acceptors (Lipinski definition) is 4. The van der Waals surface area contributed by atoms with E-state index in [1.807, 2.05) is 67.6 Å². The van der Waals surface area contributed by atoms with Gasteiger partial charge in [0.1, 0.15) is 11.4 Å². The van der Waals surface area contributed by atoms with Crippen molar-refractivity contribution < 1.29 is 14.3 Å². The molecule has 0 saturated carbocycles. The van der Waals surface area contributed by atoms with E-state index in [1.54, 1.807) is 11.0 Å². The molecule has 0 aliphatic carbocycles. The fourth-order valence-corrected chi connectivity index (χ4v) is 5.37. The molecule has 4 rings (SSSR count). The number of hydrogen-bond donors (Lipinski definition) is 0. The molecule has 6 heteroatoms. The molecule has 0 aromatic heterocycles. The topological polar surface area (TPSA) is 46.6 Å². The summed E-state index contributed by atoms with van der Waals surface area (Å²) in [6, 6.07) is 20.3. The van der Waals surface area contributed by atoms with Gasteiger partial charge < -0.3 is 9.64 Å². The highest BCUT2D eigenvalue weighted by Gasteiger charge is 2.44. The van der Waals surface area contributed by atoms with Gasteiger partial charge in [0.2, 0.25) is 0 Å². The molecule has 2 unspecified atom stereocenters. The molecule has 3 aromatic rings. The van der Waals surface area contributed by atoms with Crippen LogP contribution in [0.25, 0.3) is 10.8 Å². The van der Waals surface area contributed by atoms with E-state index in [2.05, 4.69) is 0 Å². The lowest BCUT2D eigenvalue weighted by Gasteiger charge is -2.29. The van der Waals surface area contributed by atoms with Crippen molar-refractivity contribution >= 4 is 46.0 Å². The van der Waals surface area contributed by atoms with Crippen LogP contribution in [-0.4, -0.2) is 35.2 Å². The van der Waals surface area contributed by atoms with Gasteiger partial charge in [0.25, 0.3) is 5.91 Å². The molecule has 154 valence electrons. The van der Waals surface area contributed by atoms with Gasteiger partial charge in [-0.25, -0.2) is 4.79 Å². The van der Waals surface area contributed by atoms with Crippen molar-refractivity contribution in [2.24, 2.45) is 0 Å². The number of rotatable bonds is 5. The Morgan fingerprint density at radius 3 is 2.57 bits per heavy atom. The lowest BCUT2D eigenvalue weighted by Crippen LogP contribution is -2.44. The van der Waals surface area contributed by atoms with Gasteiger partial charge >= 0.3 is 5.97 Å². The average Bonchev–Trinajstić information content (AvgIpc) is 3.22. The van der Waals surface area contributed by atoms with E-state index >= 15 is 0 Å². The summed E-state index contributed by atoms with van der Waals surface area (Å²) in [6.45, 7) is 2.29. The third-order valence-electron chi connectivity index (χ3n) is 5.12. The minimum Gasteiger partial charge on any atom is -0.464 e. The standard InChI is InChI=1S/C24H22ClNO3S/c1-2-13-29-24(28)21-15-30-23(19-9-5-6-10-20(19)25)26(21)22(27)18-12-11-16-7-3-4-8-17(16)14-18/h3-12,14,21,23H,2,13,15H2,1H3. The lowest BCUT2D eigenvalue weighted by atomic mass is 10.0. The third-order valence-corrected chi connectivity index (χ3v) is 6.77. The maximum atomic E-state index is 13.6. The van der Waals surface area contributed by atoms with Gasteiger partial charge in [-0.05, 0) is 35.4 Å². The van der Waals surface area contributed by atoms with Crippen LogP contribution in [0.2, 0.25) is 5.02 Å². The minimum atomic E-state index is -0.651. The van der Waals surface area contributed by atoms with Crippen molar-refractivity contribution in [2.75, 3.05) is 12.4 Å². The third kappa shape index (κ3) is 4.05. The number of thioether (sulfide) groups is 1. The van der Waals surface area contributed by atoms with E-state index in [0.717, 1.165) is 22.8 Å². The van der Waals surface area contributed by atoms with Gasteiger partial charge in [-0.2, -0.15) is 0 Å². The van der Waals surface area contributed by atoms with Crippen LogP contribution < -0.4 is 0 Å². The van der Waals surface area contributed by atoms with Crippen LogP contribution >= 0.6 is 23.4 Å². The zero-order valence-electron chi connectivity index (χ0n) is 16.6. The Labute approximate surface area is 185 Å². The molecule has 1 fully saturated rings. The van der Waals surface area contributed by atoms with Crippen LogP contribution in [-0.2, 0) is 9.53 Å². The first-order valence-electron chi connectivity index (χ1n) is 9.94. The Bertz CT molecular complexity index is 1090. The van der Waals surface area contributed by atoms with Crippen LogP contribution in [0.4, 0.5) is 0 Å². The fourth-order valence-electron chi connectivity index (χ4n) is 3.62. The minimum absolute atomic E-state index is 0.200. The molecule has 3 aromatic carbocycles. The molecule has 2 atom stereocenters. The van der Waals surface area contributed by atoms with Gasteiger partial charge in [0, 0.05) is 21.9 Å². The SMILES string of the molecule is CCCOC(=O)C1CSC(c2ccccc2Cl)N1C(=O)c1ccc2ccccc2c1. The highest BCUT2D eigenvalue weighted by atomic mass is 35.5. The molecule has 0 radical (unpaired) electrons. The van der Waals surface area contributed by atoms with Crippen molar-refractivity contribution in [3.05, 3.63) is 82.9 Å². The van der Waals surface area contributed by atoms with Crippen LogP contribution in [0.1, 0.15) is 34.6 Å². The Morgan fingerprint density at radius 1 is 1.07 bits per heavy atom. The summed E-state index contributed by atoms with van der Waals surface area (Å²) in [7, 11) is 0. The lowest BCUT2D eigenvalue weighted by molar-refractivity contribution is -0.148. The number of nitrogens with zero attached hydrogens (tertiary/aromatic N) is 1. The number of carbonyl (C=O) groups excluding carboxylic acids is 2. The van der Waals surface area contributed by atoms with Crippen LogP contribution in [0.3, 0.4) is 0 Å². The molecule has 1 aliphatic heterocycles. The second-order valence-electron chi connectivity index (χ2n) is 7.16. The second kappa shape index (κ2) is 9.11. The first-order valence-corrected chi connectivity index (χ1v) is 11.4. The largest absolute Gasteiger partial charge is 0.464 e. The molecule has 4 nitrogen and oxygen atoms in total. The number of amides is 1. The van der Waals surface area contributed by atoms with E-state index in [1.165, 1.54) is 11.8 Å². The number of fused-ring (bicyclic) bond motifs is 1. The Morgan fingerprint density at radius 2 is 1.80 bits per heavy atom.